The molecule has 1 aromatic carbocycles. The molecule has 0 heterocycles. The highest BCUT2D eigenvalue weighted by Crippen LogP contribution is 2.26. The highest BCUT2D eigenvalue weighted by Gasteiger charge is 2.12. The summed E-state index contributed by atoms with van der Waals surface area (Å²) < 4.78 is 5.44. The van der Waals surface area contributed by atoms with Crippen LogP contribution in [0.2, 0.25) is 0 Å². The van der Waals surface area contributed by atoms with Crippen molar-refractivity contribution in [3.63, 3.8) is 0 Å². The summed E-state index contributed by atoms with van der Waals surface area (Å²) in [4.78, 5) is 11.6. The van der Waals surface area contributed by atoms with Gasteiger partial charge in [0.25, 0.3) is 0 Å². The zero-order valence-electron chi connectivity index (χ0n) is 10.8. The molecule has 4 nitrogen and oxygen atoms in total. The Morgan fingerprint density at radius 2 is 1.94 bits per heavy atom. The minimum absolute atomic E-state index is 0.180. The van der Waals surface area contributed by atoms with E-state index >= 15 is 0 Å². The number of nitrogens with one attached hydrogen (secondary N) is 1. The molecular weight excluding hydrogens is 216 g/mol. The molecule has 3 N–H and O–H groups in total. The Kier molecular flexibility index (Phi) is 4.52. The first-order valence-corrected chi connectivity index (χ1v) is 5.76. The van der Waals surface area contributed by atoms with Crippen LogP contribution >= 0.6 is 0 Å². The lowest BCUT2D eigenvalue weighted by Gasteiger charge is -2.15. The van der Waals surface area contributed by atoms with Crippen LogP contribution in [0, 0.1) is 13.8 Å². The number of rotatable bonds is 4. The first kappa shape index (κ1) is 13.5. The Labute approximate surface area is 102 Å². The van der Waals surface area contributed by atoms with Gasteiger partial charge in [-0.2, -0.15) is 0 Å². The molecule has 4 heteroatoms. The van der Waals surface area contributed by atoms with E-state index in [0.29, 0.717) is 6.61 Å². The number of nitrogens with two attached hydrogens (primary N) is 1. The average molecular weight is 236 g/mol. The van der Waals surface area contributed by atoms with Gasteiger partial charge in [0, 0.05) is 5.69 Å². The SMILES string of the molecule is CCOc1cc(C)c(NC(=O)C(C)N)c(C)c1. The maximum absolute atomic E-state index is 11.6. The third kappa shape index (κ3) is 3.46. The predicted octanol–water partition coefficient (Wildman–Crippen LogP) is 1.99. The second-order valence-corrected chi connectivity index (χ2v) is 4.14. The fourth-order valence-electron chi connectivity index (χ4n) is 1.61. The molecule has 1 aromatic rings. The number of anilines is 1. The third-order valence-corrected chi connectivity index (χ3v) is 2.48. The van der Waals surface area contributed by atoms with Crippen LogP contribution in [0.4, 0.5) is 5.69 Å². The molecule has 0 aliphatic heterocycles. The summed E-state index contributed by atoms with van der Waals surface area (Å²) in [6.45, 7) is 8.11. The van der Waals surface area contributed by atoms with Crippen LogP contribution in [0.5, 0.6) is 5.75 Å². The molecule has 1 rings (SSSR count). The molecule has 1 unspecified atom stereocenters. The van der Waals surface area contributed by atoms with Gasteiger partial charge in [0.1, 0.15) is 5.75 Å². The number of benzene rings is 1. The Balaban J connectivity index is 2.97. The summed E-state index contributed by atoms with van der Waals surface area (Å²) in [7, 11) is 0. The molecule has 0 saturated heterocycles. The van der Waals surface area contributed by atoms with Gasteiger partial charge >= 0.3 is 0 Å². The molecule has 0 radical (unpaired) electrons. The Bertz CT molecular complexity index is 391. The largest absolute Gasteiger partial charge is 0.494 e. The van der Waals surface area contributed by atoms with Crippen molar-refractivity contribution >= 4 is 11.6 Å². The highest BCUT2D eigenvalue weighted by molar-refractivity contribution is 5.95. The number of hydrogen-bond donors (Lipinski definition) is 2. The van der Waals surface area contributed by atoms with E-state index in [4.69, 9.17) is 10.5 Å². The van der Waals surface area contributed by atoms with Gasteiger partial charge in [0.15, 0.2) is 0 Å². The summed E-state index contributed by atoms with van der Waals surface area (Å²) in [5.41, 5.74) is 8.29. The topological polar surface area (TPSA) is 64.3 Å². The van der Waals surface area contributed by atoms with Crippen molar-refractivity contribution in [2.75, 3.05) is 11.9 Å². The fourth-order valence-corrected chi connectivity index (χ4v) is 1.61. The summed E-state index contributed by atoms with van der Waals surface area (Å²) in [5, 5.41) is 2.83. The van der Waals surface area contributed by atoms with E-state index in [-0.39, 0.29) is 5.91 Å². The molecule has 0 spiro atoms. The molecule has 0 aliphatic rings. The number of carbonyl (C=O) groups excluding carboxylic acids is 1. The second kappa shape index (κ2) is 5.68. The van der Waals surface area contributed by atoms with Crippen LogP contribution in [-0.4, -0.2) is 18.6 Å². The van der Waals surface area contributed by atoms with Crippen LogP contribution in [0.3, 0.4) is 0 Å². The Morgan fingerprint density at radius 1 is 1.41 bits per heavy atom. The van der Waals surface area contributed by atoms with Gasteiger partial charge in [-0.3, -0.25) is 4.79 Å². The van der Waals surface area contributed by atoms with Crippen LogP contribution in [0.25, 0.3) is 0 Å². The number of hydrogen-bond acceptors (Lipinski definition) is 3. The maximum Gasteiger partial charge on any atom is 0.241 e. The lowest BCUT2D eigenvalue weighted by atomic mass is 10.1. The van der Waals surface area contributed by atoms with Crippen LogP contribution in [-0.2, 0) is 4.79 Å². The van der Waals surface area contributed by atoms with E-state index in [1.165, 1.54) is 0 Å². The van der Waals surface area contributed by atoms with Crippen LogP contribution < -0.4 is 15.8 Å². The average Bonchev–Trinajstić information content (AvgIpc) is 2.23. The van der Waals surface area contributed by atoms with Crippen molar-refractivity contribution in [2.45, 2.75) is 33.7 Å². The van der Waals surface area contributed by atoms with Gasteiger partial charge in [-0.1, -0.05) is 0 Å². The van der Waals surface area contributed by atoms with Gasteiger partial charge in [-0.25, -0.2) is 0 Å². The fraction of sp³-hybridized carbons (Fsp3) is 0.462. The molecule has 0 fully saturated rings. The monoisotopic (exact) mass is 236 g/mol. The van der Waals surface area contributed by atoms with E-state index in [0.717, 1.165) is 22.6 Å². The molecule has 0 aromatic heterocycles. The first-order valence-electron chi connectivity index (χ1n) is 5.76. The normalized spacial score (nSPS) is 12.1. The van der Waals surface area contributed by atoms with Gasteiger partial charge < -0.3 is 15.8 Å². The minimum atomic E-state index is -0.514. The lowest BCUT2D eigenvalue weighted by molar-refractivity contribution is -0.117. The minimum Gasteiger partial charge on any atom is -0.494 e. The molecule has 17 heavy (non-hydrogen) atoms. The summed E-state index contributed by atoms with van der Waals surface area (Å²) >= 11 is 0. The second-order valence-electron chi connectivity index (χ2n) is 4.14. The molecular formula is C13H20N2O2. The van der Waals surface area contributed by atoms with Gasteiger partial charge in [-0.05, 0) is 51.0 Å². The third-order valence-electron chi connectivity index (χ3n) is 2.48. The van der Waals surface area contributed by atoms with Gasteiger partial charge in [0.05, 0.1) is 12.6 Å². The van der Waals surface area contributed by atoms with Crippen molar-refractivity contribution in [1.82, 2.24) is 0 Å². The zero-order chi connectivity index (χ0) is 13.0. The van der Waals surface area contributed by atoms with Crippen molar-refractivity contribution in [3.05, 3.63) is 23.3 Å². The lowest BCUT2D eigenvalue weighted by Crippen LogP contribution is -2.32. The smallest absolute Gasteiger partial charge is 0.241 e. The van der Waals surface area contributed by atoms with Gasteiger partial charge in [0.2, 0.25) is 5.91 Å². The van der Waals surface area contributed by atoms with E-state index in [2.05, 4.69) is 5.32 Å². The number of ether oxygens (including phenoxy) is 1. The van der Waals surface area contributed by atoms with Crippen molar-refractivity contribution in [1.29, 1.82) is 0 Å². The highest BCUT2D eigenvalue weighted by atomic mass is 16.5. The molecule has 0 aliphatic carbocycles. The first-order chi connectivity index (χ1) is 7.95. The van der Waals surface area contributed by atoms with E-state index in [1.807, 2.05) is 32.9 Å². The molecule has 0 saturated carbocycles. The Hall–Kier alpha value is -1.55. The summed E-state index contributed by atoms with van der Waals surface area (Å²) in [5.74, 6) is 0.640. The molecule has 1 amide bonds. The predicted molar refractivity (Wildman–Crippen MR) is 69.4 cm³/mol. The van der Waals surface area contributed by atoms with Gasteiger partial charge in [-0.15, -0.1) is 0 Å². The zero-order valence-corrected chi connectivity index (χ0v) is 10.8. The van der Waals surface area contributed by atoms with Crippen LogP contribution in [0.15, 0.2) is 12.1 Å². The maximum atomic E-state index is 11.6. The van der Waals surface area contributed by atoms with Crippen LogP contribution in [0.1, 0.15) is 25.0 Å². The van der Waals surface area contributed by atoms with E-state index in [1.54, 1.807) is 6.92 Å². The number of carbonyl (C=O) groups is 1. The quantitative estimate of drug-likeness (QED) is 0.840. The van der Waals surface area contributed by atoms with Crippen molar-refractivity contribution in [2.24, 2.45) is 5.73 Å². The Morgan fingerprint density at radius 3 is 2.35 bits per heavy atom. The summed E-state index contributed by atoms with van der Waals surface area (Å²) in [6.07, 6.45) is 0. The van der Waals surface area contributed by atoms with Crippen molar-refractivity contribution in [3.8, 4) is 5.75 Å². The summed E-state index contributed by atoms with van der Waals surface area (Å²) in [6, 6.07) is 3.31. The molecule has 1 atom stereocenters. The van der Waals surface area contributed by atoms with E-state index < -0.39 is 6.04 Å². The van der Waals surface area contributed by atoms with E-state index in [9.17, 15) is 4.79 Å². The molecule has 94 valence electrons. The number of amides is 1. The molecule has 0 bridgehead atoms. The number of aryl methyl sites for hydroxylation is 2. The standard InChI is InChI=1S/C13H20N2O2/c1-5-17-11-6-8(2)12(9(3)7-11)15-13(16)10(4)14/h6-7,10H,5,14H2,1-4H3,(H,15,16). The van der Waals surface area contributed by atoms with Crippen molar-refractivity contribution < 1.29 is 9.53 Å².